The molecule has 0 atom stereocenters. The van der Waals surface area contributed by atoms with Crippen molar-refractivity contribution in [1.29, 1.82) is 0 Å². The molecule has 4 amide bonds. The van der Waals surface area contributed by atoms with Crippen LogP contribution in [0.3, 0.4) is 0 Å². The van der Waals surface area contributed by atoms with Crippen LogP contribution in [0.2, 0.25) is 5.02 Å². The lowest BCUT2D eigenvalue weighted by molar-refractivity contribution is 0.201. The van der Waals surface area contributed by atoms with Gasteiger partial charge in [0.25, 0.3) is 0 Å². The van der Waals surface area contributed by atoms with Crippen LogP contribution in [-0.2, 0) is 0 Å². The topological polar surface area (TPSA) is 115 Å². The van der Waals surface area contributed by atoms with Crippen LogP contribution in [-0.4, -0.2) is 68.6 Å². The third kappa shape index (κ3) is 7.04. The third-order valence-electron chi connectivity index (χ3n) is 6.28. The first kappa shape index (κ1) is 27.9. The summed E-state index contributed by atoms with van der Waals surface area (Å²) in [5.74, 6) is 1.03. The van der Waals surface area contributed by atoms with Gasteiger partial charge in [0.1, 0.15) is 23.1 Å². The number of anilines is 4. The first-order chi connectivity index (χ1) is 18.9. The van der Waals surface area contributed by atoms with Gasteiger partial charge in [0.15, 0.2) is 0 Å². The highest BCUT2D eigenvalue weighted by Crippen LogP contribution is 2.32. The summed E-state index contributed by atoms with van der Waals surface area (Å²) < 4.78 is 10.8. The van der Waals surface area contributed by atoms with Gasteiger partial charge in [-0.1, -0.05) is 29.8 Å². The van der Waals surface area contributed by atoms with Gasteiger partial charge in [-0.25, -0.2) is 9.59 Å². The number of aliphatic hydroxyl groups excluding tert-OH is 1. The normalized spacial score (nSPS) is 13.0. The molecule has 4 N–H and O–H groups in total. The second kappa shape index (κ2) is 13.1. The lowest BCUT2D eigenvalue weighted by Gasteiger charge is -2.36. The van der Waals surface area contributed by atoms with Gasteiger partial charge in [-0.2, -0.15) is 0 Å². The number of piperazine rings is 1. The molecule has 1 aliphatic rings. The maximum atomic E-state index is 12.8. The summed E-state index contributed by atoms with van der Waals surface area (Å²) >= 11 is 6.35. The van der Waals surface area contributed by atoms with Crippen LogP contribution in [0.5, 0.6) is 11.5 Å². The van der Waals surface area contributed by atoms with E-state index in [-0.39, 0.29) is 25.3 Å². The van der Waals surface area contributed by atoms with Gasteiger partial charge in [-0.15, -0.1) is 0 Å². The predicted molar refractivity (Wildman–Crippen MR) is 154 cm³/mol. The minimum atomic E-state index is -0.364. The van der Waals surface area contributed by atoms with Gasteiger partial charge in [0, 0.05) is 37.6 Å². The van der Waals surface area contributed by atoms with Crippen LogP contribution in [0.25, 0.3) is 0 Å². The number of nitrogens with one attached hydrogen (secondary N) is 3. The summed E-state index contributed by atoms with van der Waals surface area (Å²) in [5.41, 5.74) is 3.63. The molecule has 1 saturated heterocycles. The van der Waals surface area contributed by atoms with E-state index in [1.165, 1.54) is 0 Å². The molecule has 4 rings (SSSR count). The van der Waals surface area contributed by atoms with Crippen LogP contribution in [0.1, 0.15) is 5.56 Å². The quantitative estimate of drug-likeness (QED) is 0.311. The first-order valence-corrected chi connectivity index (χ1v) is 12.9. The number of hydrogen-bond donors (Lipinski definition) is 4. The SMILES string of the molecule is COc1c(C)cccc1NC(=O)Nc1ccc(N2CCN(C(=O)Nc3cccc(OCCO)c3Cl)CC2)cc1. The lowest BCUT2D eigenvalue weighted by Crippen LogP contribution is -2.50. The molecule has 11 heteroatoms. The average molecular weight is 554 g/mol. The molecular formula is C28H32ClN5O5. The number of aliphatic hydroxyl groups is 1. The van der Waals surface area contributed by atoms with E-state index in [1.54, 1.807) is 36.3 Å². The number of rotatable bonds is 8. The van der Waals surface area contributed by atoms with E-state index >= 15 is 0 Å². The Bertz CT molecular complexity index is 1300. The van der Waals surface area contributed by atoms with E-state index in [9.17, 15) is 9.59 Å². The van der Waals surface area contributed by atoms with E-state index < -0.39 is 0 Å². The van der Waals surface area contributed by atoms with Crippen molar-refractivity contribution in [3.05, 3.63) is 71.2 Å². The number of benzene rings is 3. The second-order valence-corrected chi connectivity index (χ2v) is 9.25. The molecule has 10 nitrogen and oxygen atoms in total. The van der Waals surface area contributed by atoms with Crippen molar-refractivity contribution in [1.82, 2.24) is 4.90 Å². The van der Waals surface area contributed by atoms with Crippen LogP contribution < -0.4 is 30.3 Å². The molecule has 1 fully saturated rings. The van der Waals surface area contributed by atoms with E-state index in [0.717, 1.165) is 11.3 Å². The van der Waals surface area contributed by atoms with E-state index in [1.807, 2.05) is 43.3 Å². The third-order valence-corrected chi connectivity index (χ3v) is 6.67. The van der Waals surface area contributed by atoms with Gasteiger partial charge in [0.05, 0.1) is 25.1 Å². The van der Waals surface area contributed by atoms with E-state index in [4.69, 9.17) is 26.2 Å². The second-order valence-electron chi connectivity index (χ2n) is 8.88. The van der Waals surface area contributed by atoms with E-state index in [2.05, 4.69) is 20.9 Å². The number of halogens is 1. The summed E-state index contributed by atoms with van der Waals surface area (Å²) in [7, 11) is 1.57. The molecule has 0 aliphatic carbocycles. The molecule has 39 heavy (non-hydrogen) atoms. The Morgan fingerprint density at radius 2 is 1.62 bits per heavy atom. The molecule has 1 aliphatic heterocycles. The predicted octanol–water partition coefficient (Wildman–Crippen LogP) is 5.03. The van der Waals surface area contributed by atoms with Crippen molar-refractivity contribution in [3.63, 3.8) is 0 Å². The Morgan fingerprint density at radius 3 is 2.31 bits per heavy atom. The Morgan fingerprint density at radius 1 is 0.923 bits per heavy atom. The highest BCUT2D eigenvalue weighted by molar-refractivity contribution is 6.35. The minimum Gasteiger partial charge on any atom is -0.494 e. The number of carbonyl (C=O) groups excluding carboxylic acids is 2. The maximum Gasteiger partial charge on any atom is 0.323 e. The zero-order valence-electron chi connectivity index (χ0n) is 21.9. The number of para-hydroxylation sites is 1. The largest absolute Gasteiger partial charge is 0.494 e. The highest BCUT2D eigenvalue weighted by atomic mass is 35.5. The number of ether oxygens (including phenoxy) is 2. The van der Waals surface area contributed by atoms with Crippen LogP contribution in [0.4, 0.5) is 32.3 Å². The number of urea groups is 2. The van der Waals surface area contributed by atoms with Gasteiger partial charge in [-0.05, 0) is 55.0 Å². The smallest absolute Gasteiger partial charge is 0.323 e. The van der Waals surface area contributed by atoms with Crippen molar-refractivity contribution in [2.45, 2.75) is 6.92 Å². The Balaban J connectivity index is 1.28. The standard InChI is InChI=1S/C28H32ClN5O5/c1-19-5-3-7-23(26(19)38-2)31-27(36)30-20-9-11-21(12-10-20)33-13-15-34(16-14-33)28(37)32-22-6-4-8-24(25(22)29)39-18-17-35/h3-12,35H,13-18H2,1-2H3,(H,32,37)(H2,30,31,36). The molecule has 3 aromatic carbocycles. The number of amides is 4. The molecule has 0 radical (unpaired) electrons. The summed E-state index contributed by atoms with van der Waals surface area (Å²) in [5, 5.41) is 17.8. The summed E-state index contributed by atoms with van der Waals surface area (Å²) in [4.78, 5) is 29.2. The van der Waals surface area contributed by atoms with Crippen LogP contribution in [0.15, 0.2) is 60.7 Å². The van der Waals surface area contributed by atoms with Gasteiger partial charge < -0.3 is 40.3 Å². The van der Waals surface area contributed by atoms with Crippen molar-refractivity contribution in [3.8, 4) is 11.5 Å². The minimum absolute atomic E-state index is 0.117. The monoisotopic (exact) mass is 553 g/mol. The number of nitrogens with zero attached hydrogens (tertiary/aromatic N) is 2. The Hall–Kier alpha value is -4.15. The fourth-order valence-corrected chi connectivity index (χ4v) is 4.53. The summed E-state index contributed by atoms with van der Waals surface area (Å²) in [6.45, 7) is 4.28. The van der Waals surface area contributed by atoms with Crippen molar-refractivity contribution < 1.29 is 24.2 Å². The summed E-state index contributed by atoms with van der Waals surface area (Å²) in [6, 6.07) is 17.6. The fourth-order valence-electron chi connectivity index (χ4n) is 4.30. The highest BCUT2D eigenvalue weighted by Gasteiger charge is 2.22. The number of hydrogen-bond acceptors (Lipinski definition) is 6. The van der Waals surface area contributed by atoms with Crippen molar-refractivity contribution >= 4 is 46.4 Å². The van der Waals surface area contributed by atoms with Crippen molar-refractivity contribution in [2.24, 2.45) is 0 Å². The fraction of sp³-hybridized carbons (Fsp3) is 0.286. The van der Waals surface area contributed by atoms with Gasteiger partial charge in [-0.3, -0.25) is 0 Å². The van der Waals surface area contributed by atoms with E-state index in [0.29, 0.717) is 59.8 Å². The molecular weight excluding hydrogens is 522 g/mol. The van der Waals surface area contributed by atoms with Crippen LogP contribution in [0, 0.1) is 6.92 Å². The molecule has 0 saturated carbocycles. The molecule has 0 aromatic heterocycles. The molecule has 0 spiro atoms. The molecule has 3 aromatic rings. The average Bonchev–Trinajstić information content (AvgIpc) is 2.94. The maximum absolute atomic E-state index is 12.8. The Kier molecular flexibility index (Phi) is 9.35. The zero-order valence-corrected chi connectivity index (χ0v) is 22.6. The molecule has 1 heterocycles. The number of methoxy groups -OCH3 is 1. The van der Waals surface area contributed by atoms with Gasteiger partial charge in [0.2, 0.25) is 0 Å². The number of carbonyl (C=O) groups is 2. The molecule has 0 unspecified atom stereocenters. The molecule has 0 bridgehead atoms. The lowest BCUT2D eigenvalue weighted by atomic mass is 10.2. The van der Waals surface area contributed by atoms with Crippen molar-refractivity contribution in [2.75, 3.05) is 67.4 Å². The Labute approximate surface area is 232 Å². The summed E-state index contributed by atoms with van der Waals surface area (Å²) in [6.07, 6.45) is 0. The molecule has 206 valence electrons. The number of aryl methyl sites for hydroxylation is 1. The van der Waals surface area contributed by atoms with Crippen LogP contribution >= 0.6 is 11.6 Å². The first-order valence-electron chi connectivity index (χ1n) is 12.5. The van der Waals surface area contributed by atoms with Gasteiger partial charge >= 0.3 is 12.1 Å². The zero-order chi connectivity index (χ0) is 27.8.